The molecule has 0 radical (unpaired) electrons. The highest BCUT2D eigenvalue weighted by Gasteiger charge is 2.31. The van der Waals surface area contributed by atoms with Crippen LogP contribution in [0.4, 0.5) is 17.6 Å². The Morgan fingerprint density at radius 1 is 1.33 bits per heavy atom. The Hall–Kier alpha value is -1.57. The number of rotatable bonds is 1. The summed E-state index contributed by atoms with van der Waals surface area (Å²) in [6.07, 6.45) is -4.52. The van der Waals surface area contributed by atoms with Gasteiger partial charge in [0.1, 0.15) is 5.82 Å². The zero-order valence-corrected chi connectivity index (χ0v) is 7.77. The quantitative estimate of drug-likeness (QED) is 0.660. The van der Waals surface area contributed by atoms with Gasteiger partial charge in [-0.2, -0.15) is 18.4 Å². The fraction of sp³-hybridized carbons (Fsp3) is 0.300. The Balaban J connectivity index is 3.24. The highest BCUT2D eigenvalue weighted by Crippen LogP contribution is 2.32. The molecule has 1 aromatic carbocycles. The summed E-state index contributed by atoms with van der Waals surface area (Å²) >= 11 is 0. The summed E-state index contributed by atoms with van der Waals surface area (Å²) in [5, 5.41) is 8.51. The minimum absolute atomic E-state index is 0.229. The van der Waals surface area contributed by atoms with Crippen molar-refractivity contribution < 1.29 is 17.6 Å². The summed E-state index contributed by atoms with van der Waals surface area (Å²) < 4.78 is 49.9. The molecule has 5 heteroatoms. The molecule has 80 valence electrons. The van der Waals surface area contributed by atoms with Crippen LogP contribution < -0.4 is 0 Å². The number of benzene rings is 1. The third-order valence-corrected chi connectivity index (χ3v) is 1.98. The SMILES string of the molecule is CC(C#N)c1cc(C(F)(F)F)ccc1F. The van der Waals surface area contributed by atoms with Crippen molar-refractivity contribution in [3.05, 3.63) is 35.1 Å². The molecular formula is C10H7F4N. The van der Waals surface area contributed by atoms with E-state index in [1.54, 1.807) is 6.07 Å². The smallest absolute Gasteiger partial charge is 0.207 e. The molecule has 0 bridgehead atoms. The van der Waals surface area contributed by atoms with Crippen LogP contribution in [0, 0.1) is 17.1 Å². The molecule has 0 aliphatic heterocycles. The van der Waals surface area contributed by atoms with Crippen molar-refractivity contribution >= 4 is 0 Å². The fourth-order valence-electron chi connectivity index (χ4n) is 1.12. The lowest BCUT2D eigenvalue weighted by Gasteiger charge is -2.10. The number of hydrogen-bond acceptors (Lipinski definition) is 1. The van der Waals surface area contributed by atoms with Gasteiger partial charge in [0.25, 0.3) is 0 Å². The molecule has 0 aliphatic carbocycles. The van der Waals surface area contributed by atoms with Gasteiger partial charge in [0, 0.05) is 5.56 Å². The van der Waals surface area contributed by atoms with Gasteiger partial charge < -0.3 is 0 Å². The molecule has 1 unspecified atom stereocenters. The molecule has 0 N–H and O–H groups in total. The van der Waals surface area contributed by atoms with Crippen LogP contribution in [0.1, 0.15) is 24.0 Å². The van der Waals surface area contributed by atoms with Crippen LogP contribution in [0.25, 0.3) is 0 Å². The van der Waals surface area contributed by atoms with Crippen molar-refractivity contribution in [2.24, 2.45) is 0 Å². The van der Waals surface area contributed by atoms with Crippen LogP contribution in [-0.2, 0) is 6.18 Å². The van der Waals surface area contributed by atoms with E-state index in [4.69, 9.17) is 5.26 Å². The van der Waals surface area contributed by atoms with Crippen molar-refractivity contribution in [3.8, 4) is 6.07 Å². The number of alkyl halides is 3. The van der Waals surface area contributed by atoms with E-state index in [1.165, 1.54) is 6.92 Å². The largest absolute Gasteiger partial charge is 0.416 e. The number of hydrogen-bond donors (Lipinski definition) is 0. The monoisotopic (exact) mass is 217 g/mol. The fourth-order valence-corrected chi connectivity index (χ4v) is 1.12. The third kappa shape index (κ3) is 2.46. The normalized spacial score (nSPS) is 13.3. The maximum Gasteiger partial charge on any atom is 0.416 e. The lowest BCUT2D eigenvalue weighted by Crippen LogP contribution is -2.07. The molecular weight excluding hydrogens is 210 g/mol. The minimum atomic E-state index is -4.52. The van der Waals surface area contributed by atoms with E-state index in [1.807, 2.05) is 0 Å². The molecule has 0 fully saturated rings. The first kappa shape index (κ1) is 11.5. The predicted octanol–water partition coefficient (Wildman–Crippen LogP) is 3.47. The Labute approximate surface area is 83.9 Å². The second kappa shape index (κ2) is 3.89. The first-order valence-electron chi connectivity index (χ1n) is 4.12. The van der Waals surface area contributed by atoms with E-state index in [0.717, 1.165) is 6.07 Å². The summed E-state index contributed by atoms with van der Waals surface area (Å²) in [5.74, 6) is -1.69. The van der Waals surface area contributed by atoms with Gasteiger partial charge in [0.15, 0.2) is 0 Å². The van der Waals surface area contributed by atoms with Crippen LogP contribution in [0.15, 0.2) is 18.2 Å². The maximum absolute atomic E-state index is 13.1. The Morgan fingerprint density at radius 3 is 2.40 bits per heavy atom. The highest BCUT2D eigenvalue weighted by atomic mass is 19.4. The Morgan fingerprint density at radius 2 is 1.93 bits per heavy atom. The van der Waals surface area contributed by atoms with E-state index < -0.39 is 23.5 Å². The molecule has 0 spiro atoms. The lowest BCUT2D eigenvalue weighted by molar-refractivity contribution is -0.137. The first-order valence-corrected chi connectivity index (χ1v) is 4.12. The lowest BCUT2D eigenvalue weighted by atomic mass is 9.99. The van der Waals surface area contributed by atoms with Gasteiger partial charge in [-0.15, -0.1) is 0 Å². The number of halogens is 4. The zero-order valence-electron chi connectivity index (χ0n) is 7.77. The van der Waals surface area contributed by atoms with E-state index in [9.17, 15) is 17.6 Å². The van der Waals surface area contributed by atoms with Crippen molar-refractivity contribution in [3.63, 3.8) is 0 Å². The number of nitriles is 1. The Kier molecular flexibility index (Phi) is 2.98. The van der Waals surface area contributed by atoms with E-state index >= 15 is 0 Å². The molecule has 0 aliphatic rings. The molecule has 0 saturated heterocycles. The van der Waals surface area contributed by atoms with Crippen LogP contribution >= 0.6 is 0 Å². The molecule has 0 heterocycles. The van der Waals surface area contributed by atoms with Crippen LogP contribution in [0.3, 0.4) is 0 Å². The summed E-state index contributed by atoms with van der Waals surface area (Å²) in [6, 6.07) is 3.75. The molecule has 1 nitrogen and oxygen atoms in total. The highest BCUT2D eigenvalue weighted by molar-refractivity contribution is 5.32. The average Bonchev–Trinajstić information content (AvgIpc) is 2.15. The zero-order chi connectivity index (χ0) is 11.6. The molecule has 1 rings (SSSR count). The van der Waals surface area contributed by atoms with Crippen molar-refractivity contribution in [1.29, 1.82) is 5.26 Å². The summed E-state index contributed by atoms with van der Waals surface area (Å²) in [6.45, 7) is 1.35. The second-order valence-corrected chi connectivity index (χ2v) is 3.08. The number of nitrogens with zero attached hydrogens (tertiary/aromatic N) is 1. The third-order valence-electron chi connectivity index (χ3n) is 1.98. The topological polar surface area (TPSA) is 23.8 Å². The first-order chi connectivity index (χ1) is 6.86. The van der Waals surface area contributed by atoms with Crippen LogP contribution in [-0.4, -0.2) is 0 Å². The van der Waals surface area contributed by atoms with Gasteiger partial charge in [0.2, 0.25) is 0 Å². The predicted molar refractivity (Wildman–Crippen MR) is 45.4 cm³/mol. The molecule has 0 saturated carbocycles. The van der Waals surface area contributed by atoms with Crippen molar-refractivity contribution in [2.45, 2.75) is 19.0 Å². The van der Waals surface area contributed by atoms with Gasteiger partial charge in [0.05, 0.1) is 17.6 Å². The van der Waals surface area contributed by atoms with Crippen LogP contribution in [0.5, 0.6) is 0 Å². The molecule has 1 aromatic rings. The van der Waals surface area contributed by atoms with E-state index in [2.05, 4.69) is 0 Å². The van der Waals surface area contributed by atoms with Gasteiger partial charge in [-0.25, -0.2) is 4.39 Å². The molecule has 0 amide bonds. The van der Waals surface area contributed by atoms with Gasteiger partial charge in [-0.1, -0.05) is 0 Å². The van der Waals surface area contributed by atoms with Gasteiger partial charge >= 0.3 is 6.18 Å². The maximum atomic E-state index is 13.1. The van der Waals surface area contributed by atoms with E-state index in [0.29, 0.717) is 12.1 Å². The molecule has 1 atom stereocenters. The summed E-state index contributed by atoms with van der Waals surface area (Å²) in [5.41, 5.74) is -1.17. The van der Waals surface area contributed by atoms with E-state index in [-0.39, 0.29) is 5.56 Å². The summed E-state index contributed by atoms with van der Waals surface area (Å²) in [4.78, 5) is 0. The van der Waals surface area contributed by atoms with Crippen molar-refractivity contribution in [2.75, 3.05) is 0 Å². The van der Waals surface area contributed by atoms with Gasteiger partial charge in [-0.3, -0.25) is 0 Å². The second-order valence-electron chi connectivity index (χ2n) is 3.08. The summed E-state index contributed by atoms with van der Waals surface area (Å²) in [7, 11) is 0. The molecule has 0 aromatic heterocycles. The average molecular weight is 217 g/mol. The Bertz CT molecular complexity index is 403. The van der Waals surface area contributed by atoms with Crippen molar-refractivity contribution in [1.82, 2.24) is 0 Å². The minimum Gasteiger partial charge on any atom is -0.207 e. The van der Waals surface area contributed by atoms with Gasteiger partial charge in [-0.05, 0) is 25.1 Å². The molecule has 15 heavy (non-hydrogen) atoms. The standard InChI is InChI=1S/C10H7F4N/c1-6(5-15)8-4-7(10(12,13)14)2-3-9(8)11/h2-4,6H,1H3. The van der Waals surface area contributed by atoms with Crippen LogP contribution in [0.2, 0.25) is 0 Å².